The fourth-order valence-corrected chi connectivity index (χ4v) is 9.00. The highest BCUT2D eigenvalue weighted by molar-refractivity contribution is 5.70. The van der Waals surface area contributed by atoms with Gasteiger partial charge in [0.15, 0.2) is 11.7 Å². The van der Waals surface area contributed by atoms with Crippen molar-refractivity contribution in [3.8, 4) is 0 Å². The van der Waals surface area contributed by atoms with Crippen molar-refractivity contribution in [2.24, 2.45) is 23.2 Å². The Morgan fingerprint density at radius 1 is 0.833 bits per heavy atom. The summed E-state index contributed by atoms with van der Waals surface area (Å²) in [4.78, 5) is 13.7. The molecule has 0 heterocycles. The minimum Gasteiger partial charge on any atom is -0.454 e. The molecule has 2 N–H and O–H groups in total. The van der Waals surface area contributed by atoms with Crippen molar-refractivity contribution in [1.82, 2.24) is 0 Å². The number of hydrogen-bond acceptors (Lipinski definition) is 5. The number of fused-ring (bicyclic) bond motifs is 1. The molecule has 0 saturated heterocycles. The second-order valence-electron chi connectivity index (χ2n) is 14.4. The third-order valence-electron chi connectivity index (χ3n) is 11.3. The molecule has 3 unspecified atom stereocenters. The first-order valence-corrected chi connectivity index (χ1v) is 17.7. The summed E-state index contributed by atoms with van der Waals surface area (Å²) in [5.74, 6) is 0.668. The van der Waals surface area contributed by atoms with E-state index in [0.717, 1.165) is 25.7 Å². The smallest absolute Gasteiger partial charge is 0.309 e. The molecule has 2 fully saturated rings. The molecule has 2 aliphatic rings. The van der Waals surface area contributed by atoms with Crippen LogP contribution in [-0.4, -0.2) is 28.4 Å². The quantitative estimate of drug-likeness (QED) is 0.142. The molecule has 5 nitrogen and oxygen atoms in total. The minimum absolute atomic E-state index is 0.136. The van der Waals surface area contributed by atoms with Gasteiger partial charge < -0.3 is 19.7 Å². The molecule has 4 aromatic rings. The van der Waals surface area contributed by atoms with Crippen molar-refractivity contribution in [3.63, 3.8) is 0 Å². The molecule has 5 heteroatoms. The highest BCUT2D eigenvalue weighted by atomic mass is 16.6. The summed E-state index contributed by atoms with van der Waals surface area (Å²) >= 11 is 0. The zero-order valence-electron chi connectivity index (χ0n) is 28.3. The third kappa shape index (κ3) is 7.29. The van der Waals surface area contributed by atoms with Gasteiger partial charge in [-0.2, -0.15) is 0 Å². The van der Waals surface area contributed by atoms with Crippen LogP contribution in [-0.2, 0) is 26.5 Å². The van der Waals surface area contributed by atoms with Crippen LogP contribution in [0.5, 0.6) is 0 Å². The molecule has 0 spiro atoms. The normalized spacial score (nSPS) is 24.3. The van der Waals surface area contributed by atoms with Gasteiger partial charge in [-0.05, 0) is 77.5 Å². The lowest BCUT2D eigenvalue weighted by Crippen LogP contribution is -2.43. The first-order chi connectivity index (χ1) is 23.3. The van der Waals surface area contributed by atoms with Crippen molar-refractivity contribution < 1.29 is 24.5 Å². The van der Waals surface area contributed by atoms with Crippen LogP contribution in [0.2, 0.25) is 0 Å². The van der Waals surface area contributed by atoms with E-state index in [1.54, 1.807) is 0 Å². The number of hydrogen-bond donors (Lipinski definition) is 2. The summed E-state index contributed by atoms with van der Waals surface area (Å²) in [5, 5.41) is 23.9. The monoisotopic (exact) mass is 646 g/mol. The molecule has 6 rings (SSSR count). The molecule has 0 aliphatic heterocycles. The Labute approximate surface area is 286 Å². The molecule has 0 bridgehead atoms. The van der Waals surface area contributed by atoms with E-state index in [0.29, 0.717) is 41.6 Å². The van der Waals surface area contributed by atoms with Crippen LogP contribution in [0.3, 0.4) is 0 Å². The summed E-state index contributed by atoms with van der Waals surface area (Å²) in [5.41, 5.74) is 1.63. The van der Waals surface area contributed by atoms with E-state index in [1.165, 1.54) is 12.0 Å². The molecule has 0 amide bonds. The highest BCUT2D eigenvalue weighted by Gasteiger charge is 2.53. The van der Waals surface area contributed by atoms with Crippen LogP contribution in [0.15, 0.2) is 121 Å². The summed E-state index contributed by atoms with van der Waals surface area (Å²) in [7, 11) is 0. The fraction of sp³-hybridized carbons (Fsp3) is 0.419. The lowest BCUT2D eigenvalue weighted by molar-refractivity contribution is -0.165. The average Bonchev–Trinajstić information content (AvgIpc) is 3.48. The molecule has 2 saturated carbocycles. The number of ether oxygens (including phenoxy) is 2. The van der Waals surface area contributed by atoms with E-state index in [1.807, 2.05) is 97.1 Å². The summed E-state index contributed by atoms with van der Waals surface area (Å²) in [6.45, 7) is 5.31. The van der Waals surface area contributed by atoms with Gasteiger partial charge in [0.05, 0.1) is 25.2 Å². The van der Waals surface area contributed by atoms with Crippen LogP contribution in [0.25, 0.3) is 0 Å². The summed E-state index contributed by atoms with van der Waals surface area (Å²) < 4.78 is 12.7. The van der Waals surface area contributed by atoms with Crippen LogP contribution in [0.4, 0.5) is 0 Å². The van der Waals surface area contributed by atoms with Crippen LogP contribution < -0.4 is 0 Å². The Kier molecular flexibility index (Phi) is 10.8. The first-order valence-electron chi connectivity index (χ1n) is 17.7. The number of aliphatic hydroxyl groups excluding tert-OH is 1. The Morgan fingerprint density at radius 3 is 2.00 bits per heavy atom. The Bertz CT molecular complexity index is 1540. The fourth-order valence-electron chi connectivity index (χ4n) is 9.00. The number of aliphatic hydroxyl groups is 2. The molecule has 2 aliphatic carbocycles. The zero-order valence-corrected chi connectivity index (χ0v) is 28.3. The van der Waals surface area contributed by atoms with Crippen molar-refractivity contribution in [2.75, 3.05) is 0 Å². The summed E-state index contributed by atoms with van der Waals surface area (Å²) in [6, 6.07) is 38.5. The molecular weight excluding hydrogens is 596 g/mol. The van der Waals surface area contributed by atoms with E-state index in [9.17, 15) is 15.0 Å². The molecule has 4 aromatic carbocycles. The second kappa shape index (κ2) is 15.2. The average molecular weight is 647 g/mol. The predicted octanol–water partition coefficient (Wildman–Crippen LogP) is 8.79. The van der Waals surface area contributed by atoms with Crippen molar-refractivity contribution >= 4 is 5.97 Å². The number of rotatable bonds is 13. The second-order valence-corrected chi connectivity index (χ2v) is 14.4. The van der Waals surface area contributed by atoms with Gasteiger partial charge in [0.1, 0.15) is 0 Å². The number of benzene rings is 4. The van der Waals surface area contributed by atoms with Crippen LogP contribution in [0, 0.1) is 23.2 Å². The van der Waals surface area contributed by atoms with E-state index in [2.05, 4.69) is 38.1 Å². The molecule has 48 heavy (non-hydrogen) atoms. The van der Waals surface area contributed by atoms with Gasteiger partial charge in [0.2, 0.25) is 0 Å². The minimum atomic E-state index is -1.65. The van der Waals surface area contributed by atoms with E-state index < -0.39 is 23.8 Å². The van der Waals surface area contributed by atoms with E-state index >= 15 is 0 Å². The number of esters is 1. The Morgan fingerprint density at radius 2 is 1.40 bits per heavy atom. The molecular formula is C43H50O5. The lowest BCUT2D eigenvalue weighted by atomic mass is 9.61. The van der Waals surface area contributed by atoms with Crippen molar-refractivity contribution in [2.45, 2.75) is 89.3 Å². The van der Waals surface area contributed by atoms with Gasteiger partial charge in [-0.15, -0.1) is 0 Å². The van der Waals surface area contributed by atoms with Gasteiger partial charge in [-0.25, -0.2) is 0 Å². The molecule has 0 radical (unpaired) electrons. The number of carbonyl (C=O) groups excluding carboxylic acids is 1. The van der Waals surface area contributed by atoms with Gasteiger partial charge in [-0.1, -0.05) is 142 Å². The van der Waals surface area contributed by atoms with Gasteiger partial charge in [0, 0.05) is 0 Å². The van der Waals surface area contributed by atoms with E-state index in [4.69, 9.17) is 9.47 Å². The van der Waals surface area contributed by atoms with E-state index in [-0.39, 0.29) is 23.9 Å². The standard InChI is InChI=1S/C43H50O5/c1-31(37-25-26-38-39(24-15-27-42(37,38)2)47-30-32-16-7-3-8-17-32)28-36(44)29-40(45)48-41(33-18-9-4-10-19-33)43(46,34-20-11-5-12-21-34)35-22-13-6-14-23-35/h3-14,16-23,31,36-39,41,44,46H,15,24-30H2,1-2H3/t31-,36+,37?,38?,39?,41-,42-/m1/s1. The van der Waals surface area contributed by atoms with Crippen molar-refractivity contribution in [3.05, 3.63) is 144 Å². The topological polar surface area (TPSA) is 76.0 Å². The maximum absolute atomic E-state index is 13.7. The Balaban J connectivity index is 1.14. The van der Waals surface area contributed by atoms with Gasteiger partial charge in [-0.3, -0.25) is 4.79 Å². The zero-order chi connectivity index (χ0) is 33.6. The van der Waals surface area contributed by atoms with Gasteiger partial charge in [0.25, 0.3) is 0 Å². The maximum atomic E-state index is 13.7. The molecule has 7 atom stereocenters. The highest BCUT2D eigenvalue weighted by Crippen LogP contribution is 2.59. The van der Waals surface area contributed by atoms with Gasteiger partial charge >= 0.3 is 5.97 Å². The summed E-state index contributed by atoms with van der Waals surface area (Å²) in [6.07, 6.45) is 4.45. The maximum Gasteiger partial charge on any atom is 0.309 e. The first kappa shape index (κ1) is 34.1. The predicted molar refractivity (Wildman–Crippen MR) is 189 cm³/mol. The van der Waals surface area contributed by atoms with Crippen LogP contribution in [0.1, 0.15) is 87.2 Å². The van der Waals surface area contributed by atoms with Crippen molar-refractivity contribution in [1.29, 1.82) is 0 Å². The Hall–Kier alpha value is -3.77. The molecule has 252 valence electrons. The van der Waals surface area contributed by atoms with Crippen LogP contribution >= 0.6 is 0 Å². The molecule has 0 aromatic heterocycles. The largest absolute Gasteiger partial charge is 0.454 e. The lowest BCUT2D eigenvalue weighted by Gasteiger charge is -2.46. The SMILES string of the molecule is C[C@H](C[C@H](O)CC(=O)O[C@H](c1ccccc1)C(O)(c1ccccc1)c1ccccc1)C1CCC2C(OCc3ccccc3)CCC[C@@]21C. The third-order valence-corrected chi connectivity index (χ3v) is 11.3. The number of carbonyl (C=O) groups is 1.